The molecule has 0 amide bonds. The summed E-state index contributed by atoms with van der Waals surface area (Å²) in [5, 5.41) is 1.93. The lowest BCUT2D eigenvalue weighted by atomic mass is 10.2. The number of nitrogens with zero attached hydrogens (tertiary/aromatic N) is 2. The van der Waals surface area contributed by atoms with Crippen LogP contribution in [0.15, 0.2) is 23.8 Å². The molecule has 2 N–H and O–H groups in total. The maximum Gasteiger partial charge on any atom is 0.237 e. The lowest BCUT2D eigenvalue weighted by molar-refractivity contribution is 0.385. The SMILES string of the molecule is COc1ccsc1C(N)c1nccnc1OC. The molecule has 0 spiro atoms. The summed E-state index contributed by atoms with van der Waals surface area (Å²) in [5.41, 5.74) is 6.77. The zero-order chi connectivity index (χ0) is 12.3. The Hall–Kier alpha value is -1.66. The largest absolute Gasteiger partial charge is 0.496 e. The molecule has 0 fully saturated rings. The van der Waals surface area contributed by atoms with Crippen molar-refractivity contribution in [3.8, 4) is 11.6 Å². The molecular formula is C11H13N3O2S. The zero-order valence-corrected chi connectivity index (χ0v) is 10.4. The average Bonchev–Trinajstić information content (AvgIpc) is 2.86. The molecule has 2 heterocycles. The van der Waals surface area contributed by atoms with E-state index in [-0.39, 0.29) is 0 Å². The fourth-order valence-electron chi connectivity index (χ4n) is 1.54. The number of ether oxygens (including phenoxy) is 2. The first-order valence-corrected chi connectivity index (χ1v) is 5.87. The lowest BCUT2D eigenvalue weighted by Gasteiger charge is -2.13. The minimum atomic E-state index is -0.395. The Bertz CT molecular complexity index is 501. The summed E-state index contributed by atoms with van der Waals surface area (Å²) in [4.78, 5) is 9.21. The van der Waals surface area contributed by atoms with Crippen LogP contribution in [-0.2, 0) is 0 Å². The van der Waals surface area contributed by atoms with Crippen LogP contribution in [0.5, 0.6) is 11.6 Å². The maximum absolute atomic E-state index is 6.16. The predicted molar refractivity (Wildman–Crippen MR) is 65.5 cm³/mol. The summed E-state index contributed by atoms with van der Waals surface area (Å²) in [5.74, 6) is 1.20. The highest BCUT2D eigenvalue weighted by Gasteiger charge is 2.21. The van der Waals surface area contributed by atoms with Gasteiger partial charge < -0.3 is 15.2 Å². The predicted octanol–water partition coefficient (Wildman–Crippen LogP) is 1.60. The number of rotatable bonds is 4. The van der Waals surface area contributed by atoms with Gasteiger partial charge in [-0.15, -0.1) is 11.3 Å². The second kappa shape index (κ2) is 5.11. The highest BCUT2D eigenvalue weighted by Crippen LogP contribution is 2.34. The molecule has 0 saturated carbocycles. The molecule has 5 nitrogen and oxygen atoms in total. The Kier molecular flexibility index (Phi) is 3.55. The Morgan fingerprint density at radius 3 is 2.71 bits per heavy atom. The van der Waals surface area contributed by atoms with Crippen LogP contribution in [0.2, 0.25) is 0 Å². The lowest BCUT2D eigenvalue weighted by Crippen LogP contribution is -2.14. The van der Waals surface area contributed by atoms with Gasteiger partial charge in [0.05, 0.1) is 25.1 Å². The summed E-state index contributed by atoms with van der Waals surface area (Å²) in [6.07, 6.45) is 3.17. The molecule has 2 rings (SSSR count). The van der Waals surface area contributed by atoms with E-state index in [1.54, 1.807) is 26.6 Å². The van der Waals surface area contributed by atoms with Gasteiger partial charge in [-0.1, -0.05) is 0 Å². The van der Waals surface area contributed by atoms with Crippen molar-refractivity contribution in [2.24, 2.45) is 5.73 Å². The molecule has 1 atom stereocenters. The van der Waals surface area contributed by atoms with Crippen LogP contribution >= 0.6 is 11.3 Å². The van der Waals surface area contributed by atoms with Crippen molar-refractivity contribution in [1.29, 1.82) is 0 Å². The molecule has 0 saturated heterocycles. The topological polar surface area (TPSA) is 70.3 Å². The van der Waals surface area contributed by atoms with Crippen molar-refractivity contribution >= 4 is 11.3 Å². The molecule has 0 bridgehead atoms. The minimum Gasteiger partial charge on any atom is -0.496 e. The second-order valence-corrected chi connectivity index (χ2v) is 4.23. The van der Waals surface area contributed by atoms with Crippen molar-refractivity contribution in [3.63, 3.8) is 0 Å². The van der Waals surface area contributed by atoms with E-state index in [1.807, 2.05) is 11.4 Å². The van der Waals surface area contributed by atoms with Crippen LogP contribution in [0.3, 0.4) is 0 Å². The van der Waals surface area contributed by atoms with E-state index in [9.17, 15) is 0 Å². The summed E-state index contributed by atoms with van der Waals surface area (Å²) >= 11 is 1.52. The van der Waals surface area contributed by atoms with E-state index in [4.69, 9.17) is 15.2 Å². The standard InChI is InChI=1S/C11H13N3O2S/c1-15-7-3-6-17-10(7)8(12)9-11(16-2)14-5-4-13-9/h3-6,8H,12H2,1-2H3. The van der Waals surface area contributed by atoms with Crippen LogP contribution in [0.25, 0.3) is 0 Å². The molecule has 2 aromatic rings. The van der Waals surface area contributed by atoms with Gasteiger partial charge in [0.15, 0.2) is 0 Å². The van der Waals surface area contributed by atoms with E-state index in [0.717, 1.165) is 10.6 Å². The fraction of sp³-hybridized carbons (Fsp3) is 0.273. The van der Waals surface area contributed by atoms with E-state index < -0.39 is 6.04 Å². The molecule has 0 aliphatic rings. The van der Waals surface area contributed by atoms with Crippen LogP contribution in [0.1, 0.15) is 16.6 Å². The summed E-state index contributed by atoms with van der Waals surface area (Å²) in [7, 11) is 3.16. The van der Waals surface area contributed by atoms with Gasteiger partial charge in [-0.2, -0.15) is 0 Å². The van der Waals surface area contributed by atoms with E-state index in [2.05, 4.69) is 9.97 Å². The zero-order valence-electron chi connectivity index (χ0n) is 9.58. The van der Waals surface area contributed by atoms with Crippen molar-refractivity contribution in [2.45, 2.75) is 6.04 Å². The number of nitrogens with two attached hydrogens (primary N) is 1. The average molecular weight is 251 g/mol. The number of hydrogen-bond acceptors (Lipinski definition) is 6. The van der Waals surface area contributed by atoms with Gasteiger partial charge in [-0.3, -0.25) is 4.98 Å². The molecule has 2 aromatic heterocycles. The molecule has 0 aliphatic heterocycles. The van der Waals surface area contributed by atoms with Gasteiger partial charge in [0.1, 0.15) is 11.4 Å². The van der Waals surface area contributed by atoms with Crippen molar-refractivity contribution in [1.82, 2.24) is 9.97 Å². The first-order valence-electron chi connectivity index (χ1n) is 4.99. The molecule has 17 heavy (non-hydrogen) atoms. The molecule has 0 radical (unpaired) electrons. The molecule has 1 unspecified atom stereocenters. The quantitative estimate of drug-likeness (QED) is 0.893. The van der Waals surface area contributed by atoms with Gasteiger partial charge in [-0.25, -0.2) is 4.98 Å². The normalized spacial score (nSPS) is 12.2. The number of thiophene rings is 1. The van der Waals surface area contributed by atoms with E-state index >= 15 is 0 Å². The van der Waals surface area contributed by atoms with Crippen molar-refractivity contribution in [3.05, 3.63) is 34.4 Å². The monoisotopic (exact) mass is 251 g/mol. The fourth-order valence-corrected chi connectivity index (χ4v) is 2.40. The minimum absolute atomic E-state index is 0.395. The summed E-state index contributed by atoms with van der Waals surface area (Å²) in [6, 6.07) is 1.48. The van der Waals surface area contributed by atoms with E-state index in [0.29, 0.717) is 11.6 Å². The Morgan fingerprint density at radius 1 is 1.24 bits per heavy atom. The summed E-state index contributed by atoms with van der Waals surface area (Å²) in [6.45, 7) is 0. The third kappa shape index (κ3) is 2.22. The van der Waals surface area contributed by atoms with Gasteiger partial charge in [-0.05, 0) is 11.4 Å². The smallest absolute Gasteiger partial charge is 0.237 e. The van der Waals surface area contributed by atoms with Crippen LogP contribution in [0.4, 0.5) is 0 Å². The van der Waals surface area contributed by atoms with Crippen LogP contribution in [-0.4, -0.2) is 24.2 Å². The molecule has 0 aliphatic carbocycles. The second-order valence-electron chi connectivity index (χ2n) is 3.28. The third-order valence-electron chi connectivity index (χ3n) is 2.34. The van der Waals surface area contributed by atoms with Gasteiger partial charge in [0, 0.05) is 12.4 Å². The molecule has 6 heteroatoms. The number of aromatic nitrogens is 2. The molecule has 90 valence electrons. The Labute approximate surface area is 103 Å². The molecule has 0 aromatic carbocycles. The maximum atomic E-state index is 6.16. The Morgan fingerprint density at radius 2 is 2.00 bits per heavy atom. The number of methoxy groups -OCH3 is 2. The van der Waals surface area contributed by atoms with Crippen LogP contribution in [0, 0.1) is 0 Å². The first kappa shape index (κ1) is 11.8. The molecular weight excluding hydrogens is 238 g/mol. The van der Waals surface area contributed by atoms with Gasteiger partial charge >= 0.3 is 0 Å². The highest BCUT2D eigenvalue weighted by molar-refractivity contribution is 7.10. The number of hydrogen-bond donors (Lipinski definition) is 1. The van der Waals surface area contributed by atoms with E-state index in [1.165, 1.54) is 11.3 Å². The van der Waals surface area contributed by atoms with Crippen molar-refractivity contribution < 1.29 is 9.47 Å². The Balaban J connectivity index is 2.40. The van der Waals surface area contributed by atoms with Gasteiger partial charge in [0.25, 0.3) is 0 Å². The first-order chi connectivity index (χ1) is 8.27. The van der Waals surface area contributed by atoms with Crippen molar-refractivity contribution in [2.75, 3.05) is 14.2 Å². The van der Waals surface area contributed by atoms with Gasteiger partial charge in [0.2, 0.25) is 5.88 Å². The highest BCUT2D eigenvalue weighted by atomic mass is 32.1. The summed E-state index contributed by atoms with van der Waals surface area (Å²) < 4.78 is 10.4. The van der Waals surface area contributed by atoms with Crippen LogP contribution < -0.4 is 15.2 Å². The third-order valence-corrected chi connectivity index (χ3v) is 3.32.